The number of nitro groups is 1. The van der Waals surface area contributed by atoms with Gasteiger partial charge in [-0.15, -0.1) is 0 Å². The highest BCUT2D eigenvalue weighted by atomic mass is 16.6. The minimum atomic E-state index is -0.617. The van der Waals surface area contributed by atoms with Gasteiger partial charge >= 0.3 is 5.69 Å². The van der Waals surface area contributed by atoms with Crippen molar-refractivity contribution in [3.63, 3.8) is 0 Å². The zero-order valence-electron chi connectivity index (χ0n) is 20.3. The Kier molecular flexibility index (Phi) is 7.20. The van der Waals surface area contributed by atoms with Crippen LogP contribution in [0.15, 0.2) is 48.7 Å². The van der Waals surface area contributed by atoms with Gasteiger partial charge in [0.2, 0.25) is 11.5 Å². The maximum atomic E-state index is 12.5. The summed E-state index contributed by atoms with van der Waals surface area (Å²) in [5.74, 6) is 0.928. The standard InChI is InChI=1S/C26H29N3O5/c1-17-7-10-20(26(2,3)4)24(13-17)34-16-19-14-18(9-12-23(19)33-6)8-11-22(30)25-21(29(31)32)15-28(5)27-25/h7-15H,16H2,1-6H3/b11-8+. The molecular weight excluding hydrogens is 434 g/mol. The number of carbonyl (C=O) groups is 1. The normalized spacial score (nSPS) is 11.6. The number of nitrogens with zero attached hydrogens (tertiary/aromatic N) is 3. The summed E-state index contributed by atoms with van der Waals surface area (Å²) in [6, 6.07) is 11.6. The molecule has 178 valence electrons. The maximum Gasteiger partial charge on any atom is 0.318 e. The van der Waals surface area contributed by atoms with Crippen molar-refractivity contribution in [1.29, 1.82) is 0 Å². The summed E-state index contributed by atoms with van der Waals surface area (Å²) in [6.07, 6.45) is 4.08. The van der Waals surface area contributed by atoms with Crippen LogP contribution in [0.2, 0.25) is 0 Å². The second-order valence-electron chi connectivity index (χ2n) is 9.10. The summed E-state index contributed by atoms with van der Waals surface area (Å²) in [5, 5.41) is 15.1. The predicted octanol–water partition coefficient (Wildman–Crippen LogP) is 5.42. The van der Waals surface area contributed by atoms with Crippen LogP contribution >= 0.6 is 0 Å². The van der Waals surface area contributed by atoms with Crippen molar-refractivity contribution in [2.45, 2.75) is 39.7 Å². The Morgan fingerprint density at radius 3 is 2.56 bits per heavy atom. The van der Waals surface area contributed by atoms with Gasteiger partial charge in [0.25, 0.3) is 0 Å². The Hall–Kier alpha value is -3.94. The molecule has 34 heavy (non-hydrogen) atoms. The number of hydrogen-bond donors (Lipinski definition) is 0. The van der Waals surface area contributed by atoms with Gasteiger partial charge in [-0.1, -0.05) is 45.0 Å². The lowest BCUT2D eigenvalue weighted by Gasteiger charge is -2.23. The molecule has 0 radical (unpaired) electrons. The number of allylic oxidation sites excluding steroid dienone is 1. The van der Waals surface area contributed by atoms with Crippen LogP contribution in [0.5, 0.6) is 11.5 Å². The van der Waals surface area contributed by atoms with Gasteiger partial charge in [-0.2, -0.15) is 5.10 Å². The Balaban J connectivity index is 1.84. The van der Waals surface area contributed by atoms with E-state index in [2.05, 4.69) is 38.0 Å². The van der Waals surface area contributed by atoms with Crippen molar-refractivity contribution in [1.82, 2.24) is 9.78 Å². The number of aromatic nitrogens is 2. The minimum absolute atomic E-state index is 0.0772. The Morgan fingerprint density at radius 2 is 1.91 bits per heavy atom. The predicted molar refractivity (Wildman–Crippen MR) is 130 cm³/mol. The van der Waals surface area contributed by atoms with Crippen LogP contribution in [0.25, 0.3) is 6.08 Å². The molecule has 1 heterocycles. The summed E-state index contributed by atoms with van der Waals surface area (Å²) in [6.45, 7) is 8.71. The fourth-order valence-corrected chi connectivity index (χ4v) is 3.57. The van der Waals surface area contributed by atoms with Gasteiger partial charge < -0.3 is 9.47 Å². The molecule has 8 nitrogen and oxygen atoms in total. The lowest BCUT2D eigenvalue weighted by atomic mass is 9.86. The van der Waals surface area contributed by atoms with E-state index in [4.69, 9.17) is 9.47 Å². The molecule has 0 amide bonds. The molecule has 0 aliphatic rings. The van der Waals surface area contributed by atoms with Crippen molar-refractivity contribution in [2.24, 2.45) is 7.05 Å². The molecule has 8 heteroatoms. The smallest absolute Gasteiger partial charge is 0.318 e. The van der Waals surface area contributed by atoms with Crippen molar-refractivity contribution in [3.05, 3.63) is 86.7 Å². The summed E-state index contributed by atoms with van der Waals surface area (Å²) < 4.78 is 12.9. The molecule has 0 bridgehead atoms. The third-order valence-electron chi connectivity index (χ3n) is 5.30. The Morgan fingerprint density at radius 1 is 1.18 bits per heavy atom. The minimum Gasteiger partial charge on any atom is -0.496 e. The molecule has 0 fully saturated rings. The molecule has 1 aromatic heterocycles. The lowest BCUT2D eigenvalue weighted by molar-refractivity contribution is -0.385. The molecule has 2 aromatic carbocycles. The first-order chi connectivity index (χ1) is 16.0. The first-order valence-corrected chi connectivity index (χ1v) is 10.8. The number of ketones is 1. The SMILES string of the molecule is COc1ccc(/C=C/C(=O)c2nn(C)cc2[N+](=O)[O-])cc1COc1cc(C)ccc1C(C)(C)C. The van der Waals surface area contributed by atoms with E-state index in [-0.39, 0.29) is 23.4 Å². The molecule has 0 N–H and O–H groups in total. The second-order valence-corrected chi connectivity index (χ2v) is 9.10. The fraction of sp³-hybridized carbons (Fsp3) is 0.308. The summed E-state index contributed by atoms with van der Waals surface area (Å²) in [4.78, 5) is 23.1. The topological polar surface area (TPSA) is 96.5 Å². The van der Waals surface area contributed by atoms with E-state index in [0.29, 0.717) is 5.75 Å². The average molecular weight is 464 g/mol. The van der Waals surface area contributed by atoms with E-state index in [1.54, 1.807) is 25.3 Å². The van der Waals surface area contributed by atoms with Crippen LogP contribution in [-0.2, 0) is 19.1 Å². The van der Waals surface area contributed by atoms with Crippen LogP contribution in [0.1, 0.15) is 53.5 Å². The van der Waals surface area contributed by atoms with Gasteiger partial charge in [-0.3, -0.25) is 19.6 Å². The van der Waals surface area contributed by atoms with E-state index in [0.717, 1.165) is 28.0 Å². The average Bonchev–Trinajstić information content (AvgIpc) is 3.17. The Labute approximate surface area is 199 Å². The molecular formula is C26H29N3O5. The summed E-state index contributed by atoms with van der Waals surface area (Å²) in [7, 11) is 3.12. The highest BCUT2D eigenvalue weighted by Crippen LogP contribution is 2.33. The molecule has 0 aliphatic heterocycles. The van der Waals surface area contributed by atoms with Crippen molar-refractivity contribution in [2.75, 3.05) is 7.11 Å². The van der Waals surface area contributed by atoms with Gasteiger partial charge in [-0.05, 0) is 53.3 Å². The van der Waals surface area contributed by atoms with Crippen molar-refractivity contribution >= 4 is 17.5 Å². The van der Waals surface area contributed by atoms with Crippen molar-refractivity contribution in [3.8, 4) is 11.5 Å². The molecule has 0 saturated carbocycles. The monoisotopic (exact) mass is 463 g/mol. The second kappa shape index (κ2) is 9.91. The fourth-order valence-electron chi connectivity index (χ4n) is 3.57. The summed E-state index contributed by atoms with van der Waals surface area (Å²) >= 11 is 0. The van der Waals surface area contributed by atoms with Crippen molar-refractivity contribution < 1.29 is 19.2 Å². The van der Waals surface area contributed by atoms with Crippen LogP contribution in [-0.4, -0.2) is 27.6 Å². The first kappa shape index (κ1) is 24.7. The van der Waals surface area contributed by atoms with Gasteiger partial charge in [0.15, 0.2) is 0 Å². The number of hydrogen-bond acceptors (Lipinski definition) is 6. The number of aryl methyl sites for hydroxylation is 2. The molecule has 3 rings (SSSR count). The van der Waals surface area contributed by atoms with Gasteiger partial charge in [0.1, 0.15) is 24.3 Å². The molecule has 0 unspecified atom stereocenters. The lowest BCUT2D eigenvalue weighted by Crippen LogP contribution is -2.13. The molecule has 0 spiro atoms. The van der Waals surface area contributed by atoms with Crippen LogP contribution in [0.4, 0.5) is 5.69 Å². The van der Waals surface area contributed by atoms with Gasteiger partial charge in [0.05, 0.1) is 12.0 Å². The van der Waals surface area contributed by atoms with E-state index >= 15 is 0 Å². The maximum absolute atomic E-state index is 12.5. The third kappa shape index (κ3) is 5.70. The van der Waals surface area contributed by atoms with E-state index < -0.39 is 10.7 Å². The molecule has 0 saturated heterocycles. The van der Waals surface area contributed by atoms with Crippen LogP contribution < -0.4 is 9.47 Å². The van der Waals surface area contributed by atoms with E-state index in [1.165, 1.54) is 24.0 Å². The zero-order valence-corrected chi connectivity index (χ0v) is 20.3. The number of rotatable bonds is 8. The number of carbonyl (C=O) groups excluding carboxylic acids is 1. The van der Waals surface area contributed by atoms with Gasteiger partial charge in [0, 0.05) is 12.6 Å². The van der Waals surface area contributed by atoms with E-state index in [9.17, 15) is 14.9 Å². The highest BCUT2D eigenvalue weighted by molar-refractivity contribution is 6.08. The first-order valence-electron chi connectivity index (χ1n) is 10.8. The highest BCUT2D eigenvalue weighted by Gasteiger charge is 2.23. The van der Waals surface area contributed by atoms with Crippen LogP contribution in [0, 0.1) is 17.0 Å². The van der Waals surface area contributed by atoms with E-state index in [1.807, 2.05) is 19.1 Å². The summed E-state index contributed by atoms with van der Waals surface area (Å²) in [5.41, 5.74) is 3.15. The molecule has 0 aliphatic carbocycles. The number of ether oxygens (including phenoxy) is 2. The number of methoxy groups -OCH3 is 1. The quantitative estimate of drug-likeness (QED) is 0.192. The zero-order chi connectivity index (χ0) is 25.0. The largest absolute Gasteiger partial charge is 0.496 e. The Bertz CT molecular complexity index is 1250. The number of benzene rings is 2. The van der Waals surface area contributed by atoms with Crippen LogP contribution in [0.3, 0.4) is 0 Å². The molecule has 0 atom stereocenters. The third-order valence-corrected chi connectivity index (χ3v) is 5.30. The van der Waals surface area contributed by atoms with Gasteiger partial charge in [-0.25, -0.2) is 0 Å². The molecule has 3 aromatic rings.